The summed E-state index contributed by atoms with van der Waals surface area (Å²) in [4.78, 5) is 23.0. The van der Waals surface area contributed by atoms with Crippen LogP contribution in [0.15, 0.2) is 81.5 Å². The Kier molecular flexibility index (Phi) is 17.7. The topological polar surface area (TPSA) is 201 Å². The summed E-state index contributed by atoms with van der Waals surface area (Å²) in [6, 6.07) is -0.293. The van der Waals surface area contributed by atoms with Gasteiger partial charge in [0, 0.05) is 49.7 Å². The predicted octanol–water partition coefficient (Wildman–Crippen LogP) is 5.87. The van der Waals surface area contributed by atoms with Gasteiger partial charge in [-0.05, 0) is 76.0 Å². The standard InChI is InChI=1S/C52H70N2O13/c1-7-10-36(27-55)16-15-31(2)21-43(57)45-23-37(28-56)25-52(59,67-45)26-47-53-38(29-61-47)22-33(4)49-35(6)50-34(5)44(65-49)12-9-13-46-54-42(30-62-46)51-60-18-17-40(64-51)24-41-20-32(3)19-39(63-41)11-8-14-48(58)66-50/h1,8-9,13-16,21-22,29,34-37,39-45,49-51,55-57,59H,3,10-12,17-20,23-28,30H2,2,4-6H3/b13-9+,14-8-,16-15+,31-21+,33-22+/t34-,35-,36+,37+,39-,40-,41+,42?,43+,44+,45+,49-,50-,51-,52-/m0/s1. The van der Waals surface area contributed by atoms with E-state index in [0.717, 1.165) is 36.0 Å². The Morgan fingerprint density at radius 3 is 2.66 bits per heavy atom. The van der Waals surface area contributed by atoms with Crippen LogP contribution in [-0.4, -0.2) is 131 Å². The summed E-state index contributed by atoms with van der Waals surface area (Å²) in [5.41, 5.74) is 3.16. The van der Waals surface area contributed by atoms with E-state index in [1.54, 1.807) is 18.2 Å². The van der Waals surface area contributed by atoms with Gasteiger partial charge in [-0.3, -0.25) is 0 Å². The number of rotatable bonds is 11. The molecule has 15 atom stereocenters. The number of carbonyl (C=O) groups is 1. The molecule has 1 unspecified atom stereocenters. The van der Waals surface area contributed by atoms with Crippen LogP contribution in [0, 0.1) is 36.0 Å². The average molecular weight is 931 g/mol. The maximum absolute atomic E-state index is 13.5. The summed E-state index contributed by atoms with van der Waals surface area (Å²) in [6.07, 6.45) is 21.9. The maximum atomic E-state index is 13.5. The second-order valence-corrected chi connectivity index (χ2v) is 19.3. The Bertz CT molecular complexity index is 2080. The fraction of sp³-hybridized carbons (Fsp3) is 0.635. The van der Waals surface area contributed by atoms with Gasteiger partial charge in [-0.15, -0.1) is 12.3 Å². The molecule has 0 radical (unpaired) electrons. The first-order valence-corrected chi connectivity index (χ1v) is 23.9. The third-order valence-corrected chi connectivity index (χ3v) is 13.6. The molecule has 0 aliphatic carbocycles. The van der Waals surface area contributed by atoms with E-state index >= 15 is 0 Å². The highest BCUT2D eigenvalue weighted by Crippen LogP contribution is 2.39. The third kappa shape index (κ3) is 13.7. The minimum Gasteiger partial charge on any atom is -0.475 e. The van der Waals surface area contributed by atoms with Gasteiger partial charge >= 0.3 is 5.97 Å². The van der Waals surface area contributed by atoms with E-state index in [2.05, 4.69) is 17.5 Å². The summed E-state index contributed by atoms with van der Waals surface area (Å²) in [5, 5.41) is 42.6. The first-order valence-electron chi connectivity index (χ1n) is 23.9. The SMILES string of the molecule is C#CC[C@H](/C=C/C(C)=C/[C@@H](O)[C@H]1C[C@@H](CO)C[C@@](O)(Cc2nc(/C=C(\C)[C@@H]3O[C@@H]4C/C=C/C5=NC(CO5)[C@H]5OCC[C@@H](C[C@H]6CC(=C)C[C@H](C/C=C\C(=O)O[C@@H]([C@H]4C)[C@H]3C)O6)O5)co2)O1)CO. The van der Waals surface area contributed by atoms with E-state index in [0.29, 0.717) is 56.9 Å². The number of ether oxygens (including phenoxy) is 7. The number of hydrogen-bond acceptors (Lipinski definition) is 15. The van der Waals surface area contributed by atoms with E-state index in [1.165, 1.54) is 12.3 Å². The molecule has 1 aromatic rings. The lowest BCUT2D eigenvalue weighted by Gasteiger charge is -2.44. The smallest absolute Gasteiger partial charge is 0.330 e. The first kappa shape index (κ1) is 50.7. The number of oxazole rings is 1. The van der Waals surface area contributed by atoms with Crippen LogP contribution in [0.2, 0.25) is 0 Å². The van der Waals surface area contributed by atoms with Gasteiger partial charge in [0.25, 0.3) is 0 Å². The molecule has 366 valence electrons. The minimum absolute atomic E-state index is 0.0416. The summed E-state index contributed by atoms with van der Waals surface area (Å²) in [6.45, 7) is 12.7. The molecule has 4 N–H and O–H groups in total. The number of aliphatic imine (C=N–C) groups is 1. The van der Waals surface area contributed by atoms with Gasteiger partial charge in [0.05, 0.1) is 62.4 Å². The van der Waals surface area contributed by atoms with E-state index in [1.807, 2.05) is 52.0 Å². The summed E-state index contributed by atoms with van der Waals surface area (Å²) in [7, 11) is 0. The van der Waals surface area contributed by atoms with Crippen LogP contribution in [0.5, 0.6) is 0 Å². The zero-order valence-corrected chi connectivity index (χ0v) is 39.3. The fourth-order valence-corrected chi connectivity index (χ4v) is 10.2. The molecule has 0 aromatic carbocycles. The number of terminal acetylenes is 1. The summed E-state index contributed by atoms with van der Waals surface area (Å²) >= 11 is 0. The number of aromatic nitrogens is 1. The van der Waals surface area contributed by atoms with Crippen molar-refractivity contribution in [2.75, 3.05) is 26.4 Å². The molecule has 0 saturated carbocycles. The minimum atomic E-state index is -1.78. The number of allylic oxidation sites excluding steroid dienone is 2. The summed E-state index contributed by atoms with van der Waals surface area (Å²) in [5.74, 6) is 0.0636. The van der Waals surface area contributed by atoms with Gasteiger partial charge in [-0.1, -0.05) is 62.0 Å². The van der Waals surface area contributed by atoms with Crippen LogP contribution in [0.1, 0.15) is 97.1 Å². The van der Waals surface area contributed by atoms with Crippen LogP contribution in [0.3, 0.4) is 0 Å². The van der Waals surface area contributed by atoms with E-state index in [9.17, 15) is 25.2 Å². The quantitative estimate of drug-likeness (QED) is 0.0889. The monoisotopic (exact) mass is 930 g/mol. The van der Waals surface area contributed by atoms with Crippen molar-refractivity contribution in [1.29, 1.82) is 0 Å². The lowest BCUT2D eigenvalue weighted by molar-refractivity contribution is -0.279. The van der Waals surface area contributed by atoms with Gasteiger partial charge in [0.15, 0.2) is 18.0 Å². The lowest BCUT2D eigenvalue weighted by atomic mass is 9.79. The molecule has 0 spiro atoms. The van der Waals surface area contributed by atoms with Crippen LogP contribution in [0.25, 0.3) is 6.08 Å². The number of fused-ring (bicyclic) bond motifs is 8. The number of nitrogens with zero attached hydrogens (tertiary/aromatic N) is 2. The molecule has 1 aromatic heterocycles. The van der Waals surface area contributed by atoms with Crippen LogP contribution < -0.4 is 0 Å². The van der Waals surface area contributed by atoms with E-state index < -0.39 is 42.5 Å². The molecule has 4 fully saturated rings. The van der Waals surface area contributed by atoms with Crippen LogP contribution in [-0.2, 0) is 44.4 Å². The zero-order valence-electron chi connectivity index (χ0n) is 39.3. The maximum Gasteiger partial charge on any atom is 0.330 e. The van der Waals surface area contributed by atoms with Crippen LogP contribution in [0.4, 0.5) is 0 Å². The Labute approximate surface area is 394 Å². The van der Waals surface area contributed by atoms with Crippen molar-refractivity contribution in [1.82, 2.24) is 4.98 Å². The van der Waals surface area contributed by atoms with Crippen molar-refractivity contribution in [3.05, 3.63) is 83.7 Å². The molecule has 67 heavy (non-hydrogen) atoms. The highest BCUT2D eigenvalue weighted by molar-refractivity contribution is 5.88. The van der Waals surface area contributed by atoms with Crippen molar-refractivity contribution in [3.8, 4) is 12.3 Å². The first-order chi connectivity index (χ1) is 32.2. The Morgan fingerprint density at radius 2 is 1.87 bits per heavy atom. The highest BCUT2D eigenvalue weighted by Gasteiger charge is 2.45. The predicted molar refractivity (Wildman–Crippen MR) is 249 cm³/mol. The van der Waals surface area contributed by atoms with Crippen LogP contribution >= 0.6 is 0 Å². The van der Waals surface area contributed by atoms with E-state index in [-0.39, 0.29) is 86.1 Å². The molecule has 8 bridgehead atoms. The largest absolute Gasteiger partial charge is 0.475 e. The Balaban J connectivity index is 1.06. The van der Waals surface area contributed by atoms with Gasteiger partial charge < -0.3 is 58.0 Å². The molecular formula is C52H70N2O13. The van der Waals surface area contributed by atoms with Crippen molar-refractivity contribution < 1.29 is 62.8 Å². The summed E-state index contributed by atoms with van der Waals surface area (Å²) < 4.78 is 50.0. The normalized spacial score (nSPS) is 37.6. The second kappa shape index (κ2) is 23.4. The molecule has 7 heterocycles. The molecule has 7 rings (SSSR count). The number of hydrogen-bond donors (Lipinski definition) is 4. The van der Waals surface area contributed by atoms with Crippen molar-refractivity contribution in [2.24, 2.45) is 28.7 Å². The van der Waals surface area contributed by atoms with Crippen molar-refractivity contribution in [3.63, 3.8) is 0 Å². The Hall–Kier alpha value is -4.21. The molecule has 15 nitrogen and oxygen atoms in total. The van der Waals surface area contributed by atoms with Gasteiger partial charge in [0.2, 0.25) is 5.90 Å². The molecule has 15 heteroatoms. The molecular weight excluding hydrogens is 861 g/mol. The van der Waals surface area contributed by atoms with E-state index in [4.69, 9.17) is 49.0 Å². The third-order valence-electron chi connectivity index (χ3n) is 13.6. The second-order valence-electron chi connectivity index (χ2n) is 19.3. The Morgan fingerprint density at radius 1 is 1.06 bits per heavy atom. The van der Waals surface area contributed by atoms with Gasteiger partial charge in [-0.25, -0.2) is 14.8 Å². The van der Waals surface area contributed by atoms with Crippen molar-refractivity contribution in [2.45, 2.75) is 159 Å². The van der Waals surface area contributed by atoms with Gasteiger partial charge in [-0.2, -0.15) is 0 Å². The highest BCUT2D eigenvalue weighted by atomic mass is 16.7. The fourth-order valence-electron chi connectivity index (χ4n) is 10.2. The van der Waals surface area contributed by atoms with Gasteiger partial charge in [0.1, 0.15) is 30.7 Å². The zero-order chi connectivity index (χ0) is 47.7. The number of carbonyl (C=O) groups excluding carboxylic acids is 1. The lowest BCUT2D eigenvalue weighted by Crippen LogP contribution is -2.50. The number of aliphatic hydroxyl groups excluding tert-OH is 3. The molecule has 0 amide bonds. The number of aliphatic hydroxyl groups is 4. The molecule has 6 aliphatic rings. The molecule has 4 saturated heterocycles. The van der Waals surface area contributed by atoms with Crippen molar-refractivity contribution >= 4 is 17.9 Å². The molecule has 6 aliphatic heterocycles. The number of esters is 1. The average Bonchev–Trinajstić information content (AvgIpc) is 3.95.